The average molecular weight is 171 g/mol. The minimum absolute atomic E-state index is 0. The van der Waals surface area contributed by atoms with Gasteiger partial charge < -0.3 is 10.2 Å². The van der Waals surface area contributed by atoms with Crippen molar-refractivity contribution in [3.05, 3.63) is 0 Å². The first-order chi connectivity index (χ1) is 2.83. The van der Waals surface area contributed by atoms with Crippen LogP contribution in [0.3, 0.4) is 0 Å². The van der Waals surface area contributed by atoms with Gasteiger partial charge in [0, 0.05) is 0 Å². The van der Waals surface area contributed by atoms with E-state index < -0.39 is 0 Å². The molecule has 0 aromatic rings. The van der Waals surface area contributed by atoms with Gasteiger partial charge in [-0.15, -0.1) is 12.4 Å². The van der Waals surface area contributed by atoms with E-state index in [1.807, 2.05) is 0 Å². The molecule has 4 nitrogen and oxygen atoms in total. The van der Waals surface area contributed by atoms with E-state index in [0.717, 1.165) is 0 Å². The van der Waals surface area contributed by atoms with Crippen LogP contribution >= 0.6 is 12.4 Å². The molecule has 6 heteroatoms. The zero-order valence-electron chi connectivity index (χ0n) is 3.27. The number of hydrogen-bond donors (Lipinski definition) is 2. The van der Waals surface area contributed by atoms with Gasteiger partial charge in [0.15, 0.2) is 0 Å². The van der Waals surface area contributed by atoms with Crippen molar-refractivity contribution in [2.45, 2.75) is 0 Å². The number of hydrogen-bond acceptors (Lipinski definition) is 2. The molecule has 0 atom stereocenters. The summed E-state index contributed by atoms with van der Waals surface area (Å²) in [6.45, 7) is -0.500. The Kier molecular flexibility index (Phi) is 150. The number of halogens is 1. The summed E-state index contributed by atoms with van der Waals surface area (Å²) in [6, 6.07) is 0. The van der Waals surface area contributed by atoms with Crippen molar-refractivity contribution in [1.82, 2.24) is 0 Å². The van der Waals surface area contributed by atoms with Gasteiger partial charge in [0.25, 0.3) is 12.9 Å². The second-order valence-electron chi connectivity index (χ2n) is 0.211. The molecule has 0 aromatic heterocycles. The van der Waals surface area contributed by atoms with Gasteiger partial charge in [-0.25, -0.2) is 0 Å². The predicted molar refractivity (Wildman–Crippen MR) is 33.2 cm³/mol. The molecule has 48 valence electrons. The van der Waals surface area contributed by atoms with Crippen LogP contribution in [-0.4, -0.2) is 60.9 Å². The summed E-state index contributed by atoms with van der Waals surface area (Å²) in [5, 5.41) is 13.8. The zero-order valence-corrected chi connectivity index (χ0v) is 4.09. The summed E-state index contributed by atoms with van der Waals surface area (Å²) in [5.41, 5.74) is 0. The molecule has 0 saturated carbocycles. The Balaban J connectivity index is -0.0000000160. The third kappa shape index (κ3) is 815. The maximum absolute atomic E-state index is 8.36. The van der Waals surface area contributed by atoms with Gasteiger partial charge in [-0.05, 0) is 0 Å². The van der Waals surface area contributed by atoms with Gasteiger partial charge in [-0.3, -0.25) is 9.59 Å². The summed E-state index contributed by atoms with van der Waals surface area (Å²) in [7, 11) is 0. The summed E-state index contributed by atoms with van der Waals surface area (Å²) < 4.78 is 0. The third-order valence-electron chi connectivity index (χ3n) is 0. The standard InChI is InChI=1S/2CH2O2.Ca.ClH.2H/c2*2-1-3;;;;/h2*1H,(H,2,3);;1H;;. The fourth-order valence-corrected chi connectivity index (χ4v) is 0. The minimum atomic E-state index is -0.250. The Morgan fingerprint density at radius 2 is 1.00 bits per heavy atom. The van der Waals surface area contributed by atoms with E-state index in [-0.39, 0.29) is 63.1 Å². The molecule has 0 heterocycles. The fourth-order valence-electron chi connectivity index (χ4n) is 0. The third-order valence-corrected chi connectivity index (χ3v) is 0. The fraction of sp³-hybridized carbons (Fsp3) is 0. The van der Waals surface area contributed by atoms with E-state index in [9.17, 15) is 0 Å². The van der Waals surface area contributed by atoms with Crippen molar-refractivity contribution < 1.29 is 19.8 Å². The molecule has 0 bridgehead atoms. The first-order valence-electron chi connectivity index (χ1n) is 0.988. The van der Waals surface area contributed by atoms with Gasteiger partial charge in [0.2, 0.25) is 0 Å². The van der Waals surface area contributed by atoms with Gasteiger partial charge in [-0.2, -0.15) is 0 Å². The SMILES string of the molecule is Cl.O=CO.O=CO.[CaH2]. The first kappa shape index (κ1) is 23.6. The molecule has 0 amide bonds. The van der Waals surface area contributed by atoms with E-state index in [0.29, 0.717) is 0 Å². The number of carbonyl (C=O) groups is 2. The van der Waals surface area contributed by atoms with Crippen LogP contribution in [0, 0.1) is 0 Å². The van der Waals surface area contributed by atoms with Crippen LogP contribution in [0.4, 0.5) is 0 Å². The predicted octanol–water partition coefficient (Wildman–Crippen LogP) is -1.09. The molecule has 0 aliphatic rings. The van der Waals surface area contributed by atoms with Crippen LogP contribution in [0.25, 0.3) is 0 Å². The van der Waals surface area contributed by atoms with Crippen molar-refractivity contribution in [2.75, 3.05) is 0 Å². The van der Waals surface area contributed by atoms with Crippen LogP contribution in [0.1, 0.15) is 0 Å². The van der Waals surface area contributed by atoms with Gasteiger partial charge in [0.1, 0.15) is 0 Å². The van der Waals surface area contributed by atoms with Crippen LogP contribution in [0.2, 0.25) is 0 Å². The van der Waals surface area contributed by atoms with Crippen molar-refractivity contribution in [1.29, 1.82) is 0 Å². The molecule has 8 heavy (non-hydrogen) atoms. The molecular formula is C2H7CaClO4. The molecule has 2 N–H and O–H groups in total. The Labute approximate surface area is 82.3 Å². The molecule has 0 aromatic carbocycles. The van der Waals surface area contributed by atoms with Crippen LogP contribution < -0.4 is 0 Å². The number of rotatable bonds is 0. The van der Waals surface area contributed by atoms with E-state index >= 15 is 0 Å². The van der Waals surface area contributed by atoms with E-state index in [1.54, 1.807) is 0 Å². The van der Waals surface area contributed by atoms with Crippen molar-refractivity contribution in [3.8, 4) is 0 Å². The maximum atomic E-state index is 8.36. The summed E-state index contributed by atoms with van der Waals surface area (Å²) >= 11 is 0. The topological polar surface area (TPSA) is 74.6 Å². The molecule has 0 spiro atoms. The quantitative estimate of drug-likeness (QED) is 0.358. The summed E-state index contributed by atoms with van der Waals surface area (Å²) in [5.74, 6) is 0. The molecule has 0 radical (unpaired) electrons. The number of carboxylic acid groups (broad SMARTS) is 2. The monoisotopic (exact) mass is 170 g/mol. The molecule has 0 saturated heterocycles. The van der Waals surface area contributed by atoms with Crippen molar-refractivity contribution in [2.24, 2.45) is 0 Å². The van der Waals surface area contributed by atoms with Crippen molar-refractivity contribution >= 4 is 63.1 Å². The summed E-state index contributed by atoms with van der Waals surface area (Å²) in [4.78, 5) is 16.7. The second-order valence-corrected chi connectivity index (χ2v) is 0.211. The van der Waals surface area contributed by atoms with Crippen LogP contribution in [0.15, 0.2) is 0 Å². The van der Waals surface area contributed by atoms with E-state index in [4.69, 9.17) is 19.8 Å². The Morgan fingerprint density at radius 1 is 1.00 bits per heavy atom. The molecule has 0 rings (SSSR count). The van der Waals surface area contributed by atoms with Crippen LogP contribution in [-0.2, 0) is 9.59 Å². The Morgan fingerprint density at radius 3 is 1.00 bits per heavy atom. The molecule has 0 aliphatic carbocycles. The first-order valence-corrected chi connectivity index (χ1v) is 0.988. The molecular weight excluding hydrogens is 164 g/mol. The van der Waals surface area contributed by atoms with E-state index in [1.165, 1.54) is 0 Å². The average Bonchev–Trinajstić information content (AvgIpc) is 1.39. The zero-order chi connectivity index (χ0) is 5.41. The Bertz CT molecular complexity index is 35.0. The van der Waals surface area contributed by atoms with Crippen LogP contribution in [0.5, 0.6) is 0 Å². The van der Waals surface area contributed by atoms with Gasteiger partial charge >= 0.3 is 37.7 Å². The Hall–Kier alpha value is 0.490. The van der Waals surface area contributed by atoms with Crippen molar-refractivity contribution in [3.63, 3.8) is 0 Å². The molecule has 0 unspecified atom stereocenters. The molecule has 0 fully saturated rings. The van der Waals surface area contributed by atoms with Gasteiger partial charge in [-0.1, -0.05) is 0 Å². The van der Waals surface area contributed by atoms with Gasteiger partial charge in [0.05, 0.1) is 0 Å². The summed E-state index contributed by atoms with van der Waals surface area (Å²) in [6.07, 6.45) is 0. The molecule has 0 aliphatic heterocycles. The van der Waals surface area contributed by atoms with E-state index in [2.05, 4.69) is 0 Å². The normalized spacial score (nSPS) is 3.00. The second kappa shape index (κ2) is 50.9.